The lowest BCUT2D eigenvalue weighted by molar-refractivity contribution is -0.143. The second kappa shape index (κ2) is 6.68. The first-order valence-corrected chi connectivity index (χ1v) is 9.19. The molecule has 1 aromatic carbocycles. The minimum Gasteiger partial charge on any atom is -0.497 e. The van der Waals surface area contributed by atoms with Crippen LogP contribution in [0.3, 0.4) is 0 Å². The van der Waals surface area contributed by atoms with E-state index in [1.807, 2.05) is 29.2 Å². The second-order valence-electron chi connectivity index (χ2n) is 7.33. The summed E-state index contributed by atoms with van der Waals surface area (Å²) in [5, 5.41) is 7.73. The molecule has 0 radical (unpaired) electrons. The molecule has 0 atom stereocenters. The molecule has 8 heteroatoms. The SMILES string of the molecule is COc1cccc(C2(C(=O)N3CC(n4cc(C(N)=O)nn4)C3)CCCC2)c1. The summed E-state index contributed by atoms with van der Waals surface area (Å²) in [5.41, 5.74) is 5.92. The Balaban J connectivity index is 1.51. The predicted molar refractivity (Wildman–Crippen MR) is 97.3 cm³/mol. The summed E-state index contributed by atoms with van der Waals surface area (Å²) in [6, 6.07) is 7.88. The molecule has 2 fully saturated rings. The van der Waals surface area contributed by atoms with Crippen LogP contribution in [0, 0.1) is 0 Å². The van der Waals surface area contributed by atoms with Gasteiger partial charge in [0.05, 0.1) is 24.8 Å². The highest BCUT2D eigenvalue weighted by atomic mass is 16.5. The van der Waals surface area contributed by atoms with Crippen LogP contribution in [0.5, 0.6) is 5.75 Å². The van der Waals surface area contributed by atoms with E-state index in [0.717, 1.165) is 37.0 Å². The number of primary amides is 1. The lowest BCUT2D eigenvalue weighted by Crippen LogP contribution is -2.56. The predicted octanol–water partition coefficient (Wildman–Crippen LogP) is 1.28. The minimum absolute atomic E-state index is 0.0262. The molecule has 2 heterocycles. The van der Waals surface area contributed by atoms with E-state index in [1.165, 1.54) is 0 Å². The number of rotatable bonds is 5. The maximum absolute atomic E-state index is 13.4. The zero-order chi connectivity index (χ0) is 19.0. The molecule has 0 unspecified atom stereocenters. The number of methoxy groups -OCH3 is 1. The quantitative estimate of drug-likeness (QED) is 0.855. The Morgan fingerprint density at radius 3 is 2.63 bits per heavy atom. The number of benzene rings is 1. The summed E-state index contributed by atoms with van der Waals surface area (Å²) in [6.07, 6.45) is 5.35. The molecule has 2 amide bonds. The van der Waals surface area contributed by atoms with Crippen LogP contribution in [0.2, 0.25) is 0 Å². The van der Waals surface area contributed by atoms with E-state index in [4.69, 9.17) is 10.5 Å². The van der Waals surface area contributed by atoms with Gasteiger partial charge in [-0.2, -0.15) is 0 Å². The Bertz CT molecular complexity index is 866. The van der Waals surface area contributed by atoms with Crippen molar-refractivity contribution in [2.24, 2.45) is 5.73 Å². The van der Waals surface area contributed by atoms with Crippen molar-refractivity contribution in [3.05, 3.63) is 41.7 Å². The van der Waals surface area contributed by atoms with Gasteiger partial charge in [0.2, 0.25) is 5.91 Å². The number of amides is 2. The van der Waals surface area contributed by atoms with Gasteiger partial charge in [-0.05, 0) is 30.5 Å². The van der Waals surface area contributed by atoms with Gasteiger partial charge in [-0.15, -0.1) is 5.10 Å². The van der Waals surface area contributed by atoms with Gasteiger partial charge in [0.25, 0.3) is 5.91 Å². The number of carbonyl (C=O) groups is 2. The molecule has 2 N–H and O–H groups in total. The van der Waals surface area contributed by atoms with E-state index in [2.05, 4.69) is 10.3 Å². The van der Waals surface area contributed by atoms with Crippen molar-refractivity contribution >= 4 is 11.8 Å². The fourth-order valence-electron chi connectivity index (χ4n) is 4.18. The number of ether oxygens (including phenoxy) is 1. The molecule has 1 aromatic heterocycles. The molecule has 4 rings (SSSR count). The van der Waals surface area contributed by atoms with Crippen LogP contribution in [-0.2, 0) is 10.2 Å². The zero-order valence-corrected chi connectivity index (χ0v) is 15.3. The van der Waals surface area contributed by atoms with Gasteiger partial charge in [0.1, 0.15) is 5.75 Å². The van der Waals surface area contributed by atoms with Gasteiger partial charge in [-0.1, -0.05) is 30.2 Å². The molecule has 1 saturated heterocycles. The molecule has 1 aliphatic carbocycles. The van der Waals surface area contributed by atoms with E-state index in [1.54, 1.807) is 18.0 Å². The van der Waals surface area contributed by atoms with Gasteiger partial charge < -0.3 is 15.4 Å². The van der Waals surface area contributed by atoms with Crippen molar-refractivity contribution in [2.45, 2.75) is 37.1 Å². The molecular weight excluding hydrogens is 346 g/mol. The van der Waals surface area contributed by atoms with Crippen LogP contribution in [0.1, 0.15) is 47.8 Å². The standard InChI is InChI=1S/C19H23N5O3/c1-27-15-6-4-5-13(9-15)19(7-2-3-8-19)18(26)23-10-14(11-23)24-12-16(17(20)25)21-22-24/h4-6,9,12,14H,2-3,7-8,10-11H2,1H3,(H2,20,25). The first-order valence-electron chi connectivity index (χ1n) is 9.19. The smallest absolute Gasteiger partial charge is 0.270 e. The van der Waals surface area contributed by atoms with E-state index >= 15 is 0 Å². The Labute approximate surface area is 157 Å². The number of likely N-dealkylation sites (tertiary alicyclic amines) is 1. The van der Waals surface area contributed by atoms with Crippen LogP contribution >= 0.6 is 0 Å². The molecule has 2 aromatic rings. The maximum Gasteiger partial charge on any atom is 0.270 e. The number of nitrogens with two attached hydrogens (primary N) is 1. The first-order chi connectivity index (χ1) is 13.0. The summed E-state index contributed by atoms with van der Waals surface area (Å²) in [4.78, 5) is 26.5. The Kier molecular flexibility index (Phi) is 4.33. The molecule has 1 aliphatic heterocycles. The summed E-state index contributed by atoms with van der Waals surface area (Å²) in [6.45, 7) is 1.12. The van der Waals surface area contributed by atoms with Crippen LogP contribution in [0.4, 0.5) is 0 Å². The Morgan fingerprint density at radius 2 is 2.00 bits per heavy atom. The number of hydrogen-bond donors (Lipinski definition) is 1. The van der Waals surface area contributed by atoms with Crippen LogP contribution < -0.4 is 10.5 Å². The zero-order valence-electron chi connectivity index (χ0n) is 15.3. The van der Waals surface area contributed by atoms with Crippen LogP contribution in [0.15, 0.2) is 30.5 Å². The van der Waals surface area contributed by atoms with Gasteiger partial charge in [0, 0.05) is 13.1 Å². The molecule has 0 spiro atoms. The molecule has 2 aliphatic rings. The number of aromatic nitrogens is 3. The average molecular weight is 369 g/mol. The van der Waals surface area contributed by atoms with Crippen molar-refractivity contribution in [1.29, 1.82) is 0 Å². The molecule has 142 valence electrons. The third-order valence-electron chi connectivity index (χ3n) is 5.78. The Morgan fingerprint density at radius 1 is 1.26 bits per heavy atom. The van der Waals surface area contributed by atoms with Crippen molar-refractivity contribution in [2.75, 3.05) is 20.2 Å². The first kappa shape index (κ1) is 17.5. The second-order valence-corrected chi connectivity index (χ2v) is 7.33. The van der Waals surface area contributed by atoms with E-state index in [9.17, 15) is 9.59 Å². The van der Waals surface area contributed by atoms with Crippen molar-refractivity contribution < 1.29 is 14.3 Å². The largest absolute Gasteiger partial charge is 0.497 e. The third-order valence-corrected chi connectivity index (χ3v) is 5.78. The van der Waals surface area contributed by atoms with Gasteiger partial charge in [-0.3, -0.25) is 9.59 Å². The number of hydrogen-bond acceptors (Lipinski definition) is 5. The fraction of sp³-hybridized carbons (Fsp3) is 0.474. The van der Waals surface area contributed by atoms with Crippen LogP contribution in [-0.4, -0.2) is 51.9 Å². The minimum atomic E-state index is -0.601. The summed E-state index contributed by atoms with van der Waals surface area (Å²) >= 11 is 0. The Hall–Kier alpha value is -2.90. The van der Waals surface area contributed by atoms with E-state index < -0.39 is 11.3 Å². The molecule has 1 saturated carbocycles. The highest BCUT2D eigenvalue weighted by molar-refractivity contribution is 5.90. The van der Waals surface area contributed by atoms with Crippen molar-refractivity contribution in [3.63, 3.8) is 0 Å². The van der Waals surface area contributed by atoms with Gasteiger partial charge in [-0.25, -0.2) is 4.68 Å². The maximum atomic E-state index is 13.4. The fourth-order valence-corrected chi connectivity index (χ4v) is 4.18. The van der Waals surface area contributed by atoms with Gasteiger partial charge >= 0.3 is 0 Å². The molecular formula is C19H23N5O3. The van der Waals surface area contributed by atoms with Crippen molar-refractivity contribution in [3.8, 4) is 5.75 Å². The number of carbonyl (C=O) groups excluding carboxylic acids is 2. The molecule has 8 nitrogen and oxygen atoms in total. The van der Waals surface area contributed by atoms with Crippen LogP contribution in [0.25, 0.3) is 0 Å². The summed E-state index contributed by atoms with van der Waals surface area (Å²) in [5.74, 6) is 0.339. The lowest BCUT2D eigenvalue weighted by Gasteiger charge is -2.44. The highest BCUT2D eigenvalue weighted by Gasteiger charge is 2.48. The molecule has 27 heavy (non-hydrogen) atoms. The summed E-state index contributed by atoms with van der Waals surface area (Å²) < 4.78 is 6.98. The summed E-state index contributed by atoms with van der Waals surface area (Å²) in [7, 11) is 1.64. The van der Waals surface area contributed by atoms with E-state index in [-0.39, 0.29) is 17.6 Å². The monoisotopic (exact) mass is 369 g/mol. The normalized spacial score (nSPS) is 18.9. The molecule has 0 bridgehead atoms. The lowest BCUT2D eigenvalue weighted by atomic mass is 9.76. The topological polar surface area (TPSA) is 103 Å². The highest BCUT2D eigenvalue weighted by Crippen LogP contribution is 2.44. The van der Waals surface area contributed by atoms with Gasteiger partial charge in [0.15, 0.2) is 5.69 Å². The van der Waals surface area contributed by atoms with Crippen molar-refractivity contribution in [1.82, 2.24) is 19.9 Å². The van der Waals surface area contributed by atoms with E-state index in [0.29, 0.717) is 13.1 Å². The number of nitrogens with zero attached hydrogens (tertiary/aromatic N) is 4. The average Bonchev–Trinajstić information content (AvgIpc) is 3.31. The third kappa shape index (κ3) is 2.94.